The van der Waals surface area contributed by atoms with Crippen LogP contribution in [0.5, 0.6) is 0 Å². The molecule has 4 nitrogen and oxygen atoms in total. The Morgan fingerprint density at radius 1 is 1.50 bits per heavy atom. The molecule has 0 aromatic heterocycles. The maximum Gasteiger partial charge on any atom is 0.234 e. The van der Waals surface area contributed by atoms with Crippen LogP contribution >= 0.6 is 0 Å². The Balaban J connectivity index is 1.85. The molecule has 1 heterocycles. The van der Waals surface area contributed by atoms with Crippen molar-refractivity contribution in [2.24, 2.45) is 0 Å². The summed E-state index contributed by atoms with van der Waals surface area (Å²) in [6, 6.07) is 6.49. The van der Waals surface area contributed by atoms with Gasteiger partial charge in [-0.1, -0.05) is 12.1 Å². The summed E-state index contributed by atoms with van der Waals surface area (Å²) in [6.07, 6.45) is 0. The van der Waals surface area contributed by atoms with Crippen LogP contribution in [-0.2, 0) is 4.79 Å². The molecule has 0 spiro atoms. The van der Waals surface area contributed by atoms with E-state index in [1.165, 1.54) is 12.1 Å². The van der Waals surface area contributed by atoms with Crippen LogP contribution in [0.4, 0.5) is 4.39 Å². The predicted molar refractivity (Wildman–Crippen MR) is 76.9 cm³/mol. The molecule has 0 radical (unpaired) electrons. The lowest BCUT2D eigenvalue weighted by Crippen LogP contribution is -2.52. The van der Waals surface area contributed by atoms with Crippen molar-refractivity contribution in [3.8, 4) is 0 Å². The molecule has 0 bridgehead atoms. The van der Waals surface area contributed by atoms with Crippen LogP contribution in [0.2, 0.25) is 0 Å². The third kappa shape index (κ3) is 4.02. The van der Waals surface area contributed by atoms with E-state index in [1.807, 2.05) is 6.92 Å². The smallest absolute Gasteiger partial charge is 0.234 e. The number of carbonyl (C=O) groups excluding carboxylic acids is 1. The Kier molecular flexibility index (Phi) is 5.09. The molecule has 1 unspecified atom stereocenters. The van der Waals surface area contributed by atoms with E-state index < -0.39 is 0 Å². The van der Waals surface area contributed by atoms with Crippen molar-refractivity contribution in [1.29, 1.82) is 0 Å². The second-order valence-electron chi connectivity index (χ2n) is 5.36. The average Bonchev–Trinajstić information content (AvgIpc) is 2.42. The first-order chi connectivity index (χ1) is 9.56. The van der Waals surface area contributed by atoms with Gasteiger partial charge in [-0.15, -0.1) is 0 Å². The van der Waals surface area contributed by atoms with E-state index in [2.05, 4.69) is 22.5 Å². The SMILES string of the molecule is CC(NC(=O)CN1CCNC[C@H]1C)c1ccc(F)cc1. The number of hydrogen-bond donors (Lipinski definition) is 2. The molecule has 1 aliphatic heterocycles. The maximum atomic E-state index is 12.9. The van der Waals surface area contributed by atoms with Gasteiger partial charge in [0.15, 0.2) is 0 Å². The van der Waals surface area contributed by atoms with Gasteiger partial charge >= 0.3 is 0 Å². The van der Waals surface area contributed by atoms with Gasteiger partial charge in [-0.3, -0.25) is 9.69 Å². The van der Waals surface area contributed by atoms with Gasteiger partial charge in [-0.05, 0) is 31.5 Å². The molecular formula is C15H22FN3O. The standard InChI is InChI=1S/C15H22FN3O/c1-11-9-17-7-8-19(11)10-15(20)18-12(2)13-3-5-14(16)6-4-13/h3-6,11-12,17H,7-10H2,1-2H3,(H,18,20)/t11-,12?/m1/s1. The number of carbonyl (C=O) groups is 1. The van der Waals surface area contributed by atoms with Gasteiger partial charge in [0, 0.05) is 25.7 Å². The molecule has 0 aliphatic carbocycles. The number of benzene rings is 1. The molecule has 1 amide bonds. The molecule has 2 N–H and O–H groups in total. The summed E-state index contributed by atoms with van der Waals surface area (Å²) in [6.45, 7) is 7.16. The molecule has 5 heteroatoms. The maximum absolute atomic E-state index is 12.9. The average molecular weight is 279 g/mol. The minimum atomic E-state index is -0.262. The Morgan fingerprint density at radius 2 is 2.20 bits per heavy atom. The van der Waals surface area contributed by atoms with Crippen molar-refractivity contribution < 1.29 is 9.18 Å². The lowest BCUT2D eigenvalue weighted by atomic mass is 10.1. The number of halogens is 1. The Bertz CT molecular complexity index is 449. The summed E-state index contributed by atoms with van der Waals surface area (Å²) in [5.41, 5.74) is 0.910. The van der Waals surface area contributed by atoms with Gasteiger partial charge in [-0.25, -0.2) is 4.39 Å². The summed E-state index contributed by atoms with van der Waals surface area (Å²) < 4.78 is 12.9. The zero-order valence-electron chi connectivity index (χ0n) is 12.0. The van der Waals surface area contributed by atoms with Gasteiger partial charge in [0.1, 0.15) is 5.82 Å². The number of amides is 1. The highest BCUT2D eigenvalue weighted by atomic mass is 19.1. The van der Waals surface area contributed by atoms with Crippen molar-refractivity contribution in [2.75, 3.05) is 26.2 Å². The number of rotatable bonds is 4. The fraction of sp³-hybridized carbons (Fsp3) is 0.533. The van der Waals surface area contributed by atoms with Crippen LogP contribution < -0.4 is 10.6 Å². The first kappa shape index (κ1) is 14.9. The molecule has 2 atom stereocenters. The van der Waals surface area contributed by atoms with E-state index in [1.54, 1.807) is 12.1 Å². The third-order valence-electron chi connectivity index (χ3n) is 3.73. The van der Waals surface area contributed by atoms with Crippen LogP contribution in [0.25, 0.3) is 0 Å². The van der Waals surface area contributed by atoms with Gasteiger partial charge in [0.2, 0.25) is 5.91 Å². The number of nitrogens with zero attached hydrogens (tertiary/aromatic N) is 1. The molecule has 1 aromatic rings. The normalized spacial score (nSPS) is 21.4. The van der Waals surface area contributed by atoms with Gasteiger partial charge < -0.3 is 10.6 Å². The van der Waals surface area contributed by atoms with Crippen LogP contribution in [-0.4, -0.2) is 43.0 Å². The highest BCUT2D eigenvalue weighted by molar-refractivity contribution is 5.78. The van der Waals surface area contributed by atoms with E-state index in [-0.39, 0.29) is 17.8 Å². The zero-order valence-corrected chi connectivity index (χ0v) is 12.0. The van der Waals surface area contributed by atoms with Gasteiger partial charge in [0.25, 0.3) is 0 Å². The highest BCUT2D eigenvalue weighted by Crippen LogP contribution is 2.13. The minimum Gasteiger partial charge on any atom is -0.348 e. The second-order valence-corrected chi connectivity index (χ2v) is 5.36. The monoisotopic (exact) mass is 279 g/mol. The number of nitrogens with one attached hydrogen (secondary N) is 2. The zero-order chi connectivity index (χ0) is 14.5. The lowest BCUT2D eigenvalue weighted by molar-refractivity contribution is -0.123. The molecule has 0 saturated carbocycles. The minimum absolute atomic E-state index is 0.00979. The fourth-order valence-electron chi connectivity index (χ4n) is 2.42. The fourth-order valence-corrected chi connectivity index (χ4v) is 2.42. The van der Waals surface area contributed by atoms with Crippen molar-refractivity contribution in [3.05, 3.63) is 35.6 Å². The summed E-state index contributed by atoms with van der Waals surface area (Å²) in [5, 5.41) is 6.26. The molecule has 20 heavy (non-hydrogen) atoms. The molecule has 1 fully saturated rings. The summed E-state index contributed by atoms with van der Waals surface area (Å²) >= 11 is 0. The van der Waals surface area contributed by atoms with Crippen molar-refractivity contribution in [2.45, 2.75) is 25.9 Å². The van der Waals surface area contributed by atoms with Crippen LogP contribution in [0, 0.1) is 5.82 Å². The summed E-state index contributed by atoms with van der Waals surface area (Å²) in [5.74, 6) is -0.252. The largest absolute Gasteiger partial charge is 0.348 e. The quantitative estimate of drug-likeness (QED) is 0.873. The van der Waals surface area contributed by atoms with Crippen LogP contribution in [0.1, 0.15) is 25.5 Å². The Labute approximate surface area is 119 Å². The lowest BCUT2D eigenvalue weighted by Gasteiger charge is -2.33. The van der Waals surface area contributed by atoms with E-state index in [4.69, 9.17) is 0 Å². The van der Waals surface area contributed by atoms with Crippen molar-refractivity contribution >= 4 is 5.91 Å². The van der Waals surface area contributed by atoms with E-state index in [0.29, 0.717) is 12.6 Å². The third-order valence-corrected chi connectivity index (χ3v) is 3.73. The molecule has 1 aliphatic rings. The van der Waals surface area contributed by atoms with E-state index in [9.17, 15) is 9.18 Å². The van der Waals surface area contributed by atoms with Gasteiger partial charge in [-0.2, -0.15) is 0 Å². The van der Waals surface area contributed by atoms with Gasteiger partial charge in [0.05, 0.1) is 12.6 Å². The molecule has 110 valence electrons. The predicted octanol–water partition coefficient (Wildman–Crippen LogP) is 1.30. The Hall–Kier alpha value is -1.46. The Morgan fingerprint density at radius 3 is 2.85 bits per heavy atom. The summed E-state index contributed by atoms with van der Waals surface area (Å²) in [7, 11) is 0. The molecule has 2 rings (SSSR count). The van der Waals surface area contributed by atoms with E-state index >= 15 is 0 Å². The van der Waals surface area contributed by atoms with Crippen LogP contribution in [0.3, 0.4) is 0 Å². The molecular weight excluding hydrogens is 257 g/mol. The number of piperazine rings is 1. The first-order valence-electron chi connectivity index (χ1n) is 7.06. The topological polar surface area (TPSA) is 44.4 Å². The summed E-state index contributed by atoms with van der Waals surface area (Å²) in [4.78, 5) is 14.2. The second kappa shape index (κ2) is 6.81. The van der Waals surface area contributed by atoms with Crippen LogP contribution in [0.15, 0.2) is 24.3 Å². The van der Waals surface area contributed by atoms with E-state index in [0.717, 1.165) is 25.2 Å². The first-order valence-corrected chi connectivity index (χ1v) is 7.06. The van der Waals surface area contributed by atoms with Crippen molar-refractivity contribution in [3.63, 3.8) is 0 Å². The highest BCUT2D eigenvalue weighted by Gasteiger charge is 2.21. The van der Waals surface area contributed by atoms with Crippen molar-refractivity contribution in [1.82, 2.24) is 15.5 Å². The molecule has 1 saturated heterocycles. The number of hydrogen-bond acceptors (Lipinski definition) is 3. The molecule has 1 aromatic carbocycles.